The van der Waals surface area contributed by atoms with Gasteiger partial charge >= 0.3 is 12.1 Å². The lowest BCUT2D eigenvalue weighted by Gasteiger charge is -2.43. The standard InChI is InChI=1S/C23H35ClN4O6/c1-22(2,3)34-21(30)27-8-7-25-15(12-27)13-33-16-11-17(24)26-19(18(16)20(29)31-6)28-9-10-32-14-23(28,4)5/h11,15,25H,7-10,12-14H2,1-6H3/t15-/m1/s1. The number of hydrogen-bond donors (Lipinski definition) is 1. The predicted octanol–water partition coefficient (Wildman–Crippen LogP) is 2.72. The Labute approximate surface area is 205 Å². The smallest absolute Gasteiger partial charge is 0.410 e. The average molecular weight is 499 g/mol. The fourth-order valence-electron chi connectivity index (χ4n) is 3.95. The molecule has 10 nitrogen and oxygen atoms in total. The summed E-state index contributed by atoms with van der Waals surface area (Å²) in [6.45, 7) is 12.8. The topological polar surface area (TPSA) is 102 Å². The van der Waals surface area contributed by atoms with E-state index in [-0.39, 0.29) is 35.2 Å². The molecule has 1 N–H and O–H groups in total. The van der Waals surface area contributed by atoms with Crippen LogP contribution in [0.3, 0.4) is 0 Å². The first-order valence-electron chi connectivity index (χ1n) is 11.4. The van der Waals surface area contributed by atoms with Gasteiger partial charge in [-0.1, -0.05) is 11.6 Å². The van der Waals surface area contributed by atoms with E-state index in [0.717, 1.165) is 0 Å². The number of hydrogen-bond acceptors (Lipinski definition) is 9. The van der Waals surface area contributed by atoms with Crippen LogP contribution in [0.25, 0.3) is 0 Å². The van der Waals surface area contributed by atoms with Crippen molar-refractivity contribution in [3.8, 4) is 5.75 Å². The van der Waals surface area contributed by atoms with Gasteiger partial charge in [0.1, 0.15) is 34.5 Å². The molecule has 0 spiro atoms. The van der Waals surface area contributed by atoms with Crippen LogP contribution < -0.4 is 15.0 Å². The van der Waals surface area contributed by atoms with Gasteiger partial charge in [-0.2, -0.15) is 0 Å². The maximum Gasteiger partial charge on any atom is 0.410 e. The summed E-state index contributed by atoms with van der Waals surface area (Å²) in [6, 6.07) is 1.35. The number of ether oxygens (including phenoxy) is 4. The molecule has 0 radical (unpaired) electrons. The molecule has 0 aromatic carbocycles. The Morgan fingerprint density at radius 1 is 1.32 bits per heavy atom. The minimum atomic E-state index is -0.569. The van der Waals surface area contributed by atoms with Crippen molar-refractivity contribution >= 4 is 29.5 Å². The molecule has 3 rings (SSSR count). The van der Waals surface area contributed by atoms with Gasteiger partial charge in [0.05, 0.1) is 31.9 Å². The summed E-state index contributed by atoms with van der Waals surface area (Å²) in [7, 11) is 1.32. The molecule has 1 atom stereocenters. The number of carbonyl (C=O) groups excluding carboxylic acids is 2. The lowest BCUT2D eigenvalue weighted by atomic mass is 10.0. The fourth-order valence-corrected chi connectivity index (χ4v) is 4.13. The predicted molar refractivity (Wildman–Crippen MR) is 128 cm³/mol. The van der Waals surface area contributed by atoms with Crippen LogP contribution in [0.5, 0.6) is 5.75 Å². The Morgan fingerprint density at radius 2 is 2.06 bits per heavy atom. The molecular formula is C23H35ClN4O6. The van der Waals surface area contributed by atoms with Crippen LogP contribution in [0.4, 0.5) is 10.6 Å². The first kappa shape index (κ1) is 26.3. The molecule has 1 aromatic rings. The quantitative estimate of drug-likeness (QED) is 0.484. The van der Waals surface area contributed by atoms with Gasteiger partial charge in [0.2, 0.25) is 0 Å². The molecule has 3 heterocycles. The number of anilines is 1. The average Bonchev–Trinajstić information content (AvgIpc) is 2.75. The van der Waals surface area contributed by atoms with Crippen LogP contribution in [0, 0.1) is 0 Å². The van der Waals surface area contributed by atoms with E-state index in [0.29, 0.717) is 45.2 Å². The Hall–Kier alpha value is -2.30. The first-order chi connectivity index (χ1) is 15.9. The van der Waals surface area contributed by atoms with Crippen LogP contribution in [0.2, 0.25) is 5.15 Å². The van der Waals surface area contributed by atoms with Crippen molar-refractivity contribution in [2.24, 2.45) is 0 Å². The Bertz CT molecular complexity index is 904. The van der Waals surface area contributed by atoms with Crippen LogP contribution in [0.1, 0.15) is 45.0 Å². The number of aromatic nitrogens is 1. The molecular weight excluding hydrogens is 464 g/mol. The fraction of sp³-hybridized carbons (Fsp3) is 0.696. The number of nitrogens with one attached hydrogen (secondary N) is 1. The van der Waals surface area contributed by atoms with E-state index in [2.05, 4.69) is 10.3 Å². The molecule has 2 fully saturated rings. The van der Waals surface area contributed by atoms with Gasteiger partial charge in [0.15, 0.2) is 0 Å². The van der Waals surface area contributed by atoms with E-state index in [1.54, 1.807) is 4.90 Å². The number of carbonyl (C=O) groups is 2. The molecule has 2 saturated heterocycles. The molecule has 0 bridgehead atoms. The molecule has 0 aliphatic carbocycles. The highest BCUT2D eigenvalue weighted by atomic mass is 35.5. The second-order valence-corrected chi connectivity index (χ2v) is 10.4. The largest absolute Gasteiger partial charge is 0.491 e. The summed E-state index contributed by atoms with van der Waals surface area (Å²) in [5.74, 6) is 0.110. The van der Waals surface area contributed by atoms with E-state index in [4.69, 9.17) is 30.5 Å². The van der Waals surface area contributed by atoms with Gasteiger partial charge in [0, 0.05) is 32.2 Å². The maximum atomic E-state index is 12.8. The molecule has 0 unspecified atom stereocenters. The van der Waals surface area contributed by atoms with Crippen molar-refractivity contribution in [1.82, 2.24) is 15.2 Å². The van der Waals surface area contributed by atoms with Gasteiger partial charge in [-0.15, -0.1) is 0 Å². The SMILES string of the molecule is COC(=O)c1c(OC[C@H]2CN(C(=O)OC(C)(C)C)CCN2)cc(Cl)nc1N1CCOCC1(C)C. The van der Waals surface area contributed by atoms with Crippen molar-refractivity contribution < 1.29 is 28.5 Å². The third-order valence-corrected chi connectivity index (χ3v) is 5.76. The number of nitrogens with zero attached hydrogens (tertiary/aromatic N) is 3. The summed E-state index contributed by atoms with van der Waals surface area (Å²) in [5.41, 5.74) is -0.767. The third kappa shape index (κ3) is 6.43. The Morgan fingerprint density at radius 3 is 2.71 bits per heavy atom. The van der Waals surface area contributed by atoms with Crippen molar-refractivity contribution in [2.45, 2.75) is 51.8 Å². The number of methoxy groups -OCH3 is 1. The van der Waals surface area contributed by atoms with Crippen molar-refractivity contribution in [2.75, 3.05) is 58.0 Å². The van der Waals surface area contributed by atoms with E-state index in [1.165, 1.54) is 13.2 Å². The highest BCUT2D eigenvalue weighted by Crippen LogP contribution is 2.36. The minimum absolute atomic E-state index is 0.165. The number of pyridine rings is 1. The van der Waals surface area contributed by atoms with Crippen LogP contribution >= 0.6 is 11.6 Å². The number of esters is 1. The molecule has 190 valence electrons. The molecule has 1 aromatic heterocycles. The third-order valence-electron chi connectivity index (χ3n) is 5.57. The van der Waals surface area contributed by atoms with Crippen molar-refractivity contribution in [3.05, 3.63) is 16.8 Å². The van der Waals surface area contributed by atoms with E-state index in [9.17, 15) is 9.59 Å². The number of piperazine rings is 1. The molecule has 2 aliphatic rings. The first-order valence-corrected chi connectivity index (χ1v) is 11.8. The maximum absolute atomic E-state index is 12.8. The number of amides is 1. The summed E-state index contributed by atoms with van der Waals surface area (Å²) in [4.78, 5) is 33.4. The molecule has 0 saturated carbocycles. The molecule has 1 amide bonds. The molecule has 2 aliphatic heterocycles. The highest BCUT2D eigenvalue weighted by molar-refractivity contribution is 6.29. The van der Waals surface area contributed by atoms with Gasteiger partial charge in [0.25, 0.3) is 0 Å². The zero-order chi connectivity index (χ0) is 25.1. The Balaban J connectivity index is 1.81. The van der Waals surface area contributed by atoms with Gasteiger partial charge < -0.3 is 34.1 Å². The normalized spacial score (nSPS) is 20.6. The van der Waals surface area contributed by atoms with Crippen LogP contribution in [0.15, 0.2) is 6.07 Å². The number of halogens is 1. The van der Waals surface area contributed by atoms with E-state index < -0.39 is 17.1 Å². The highest BCUT2D eigenvalue weighted by Gasteiger charge is 2.36. The zero-order valence-corrected chi connectivity index (χ0v) is 21.5. The minimum Gasteiger partial charge on any atom is -0.491 e. The second-order valence-electron chi connectivity index (χ2n) is 10.0. The summed E-state index contributed by atoms with van der Waals surface area (Å²) < 4.78 is 22.2. The lowest BCUT2D eigenvalue weighted by molar-refractivity contribution is 0.0178. The summed E-state index contributed by atoms with van der Waals surface area (Å²) >= 11 is 6.34. The van der Waals surface area contributed by atoms with Crippen molar-refractivity contribution in [3.63, 3.8) is 0 Å². The second kappa shape index (κ2) is 10.5. The molecule has 11 heteroatoms. The number of morpholine rings is 1. The van der Waals surface area contributed by atoms with E-state index in [1.807, 2.05) is 39.5 Å². The zero-order valence-electron chi connectivity index (χ0n) is 20.8. The van der Waals surface area contributed by atoms with Gasteiger partial charge in [-0.25, -0.2) is 14.6 Å². The van der Waals surface area contributed by atoms with Crippen LogP contribution in [-0.2, 0) is 14.2 Å². The summed E-state index contributed by atoms with van der Waals surface area (Å²) in [6.07, 6.45) is -0.363. The van der Waals surface area contributed by atoms with Crippen molar-refractivity contribution in [1.29, 1.82) is 0 Å². The van der Waals surface area contributed by atoms with Crippen LogP contribution in [-0.4, -0.2) is 92.2 Å². The summed E-state index contributed by atoms with van der Waals surface area (Å²) in [5, 5.41) is 3.54. The van der Waals surface area contributed by atoms with Gasteiger partial charge in [-0.3, -0.25) is 0 Å². The monoisotopic (exact) mass is 498 g/mol. The van der Waals surface area contributed by atoms with Gasteiger partial charge in [-0.05, 0) is 34.6 Å². The number of rotatable bonds is 5. The van der Waals surface area contributed by atoms with E-state index >= 15 is 0 Å². The Kier molecular flexibility index (Phi) is 8.15. The molecule has 34 heavy (non-hydrogen) atoms. The lowest BCUT2D eigenvalue weighted by Crippen LogP contribution is -2.55.